The smallest absolute Gasteiger partial charge is 0.355 e. The van der Waals surface area contributed by atoms with Gasteiger partial charge in [-0.2, -0.15) is 0 Å². The topological polar surface area (TPSA) is 55.8 Å². The molecule has 1 aliphatic heterocycles. The summed E-state index contributed by atoms with van der Waals surface area (Å²) in [6.45, 7) is 4.06. The SMILES string of the molecule is CCCCC1OC(=O)C=C(C(=O)OCC)N1c1ccccc1. The average Bonchev–Trinajstić information content (AvgIpc) is 2.53. The van der Waals surface area contributed by atoms with Gasteiger partial charge in [0.05, 0.1) is 12.7 Å². The van der Waals surface area contributed by atoms with Crippen molar-refractivity contribution in [1.82, 2.24) is 0 Å². The maximum Gasteiger partial charge on any atom is 0.355 e. The van der Waals surface area contributed by atoms with Gasteiger partial charge in [0.15, 0.2) is 6.23 Å². The second kappa shape index (κ2) is 7.64. The first-order valence-corrected chi connectivity index (χ1v) is 7.61. The summed E-state index contributed by atoms with van der Waals surface area (Å²) in [6, 6.07) is 9.42. The Morgan fingerprint density at radius 1 is 1.27 bits per heavy atom. The summed E-state index contributed by atoms with van der Waals surface area (Å²) in [5, 5.41) is 0. The van der Waals surface area contributed by atoms with Gasteiger partial charge in [0, 0.05) is 12.1 Å². The molecule has 5 nitrogen and oxygen atoms in total. The number of hydrogen-bond acceptors (Lipinski definition) is 5. The molecule has 0 fully saturated rings. The van der Waals surface area contributed by atoms with E-state index >= 15 is 0 Å². The number of hydrogen-bond donors (Lipinski definition) is 0. The Morgan fingerprint density at radius 3 is 2.64 bits per heavy atom. The van der Waals surface area contributed by atoms with Gasteiger partial charge in [0.25, 0.3) is 0 Å². The largest absolute Gasteiger partial charge is 0.461 e. The van der Waals surface area contributed by atoms with Crippen molar-refractivity contribution in [2.45, 2.75) is 39.3 Å². The van der Waals surface area contributed by atoms with Crippen LogP contribution in [0, 0.1) is 0 Å². The van der Waals surface area contributed by atoms with Crippen LogP contribution in [0.15, 0.2) is 42.1 Å². The van der Waals surface area contributed by atoms with E-state index in [0.717, 1.165) is 18.5 Å². The molecule has 1 aromatic rings. The van der Waals surface area contributed by atoms with Gasteiger partial charge in [0.2, 0.25) is 0 Å². The van der Waals surface area contributed by atoms with Gasteiger partial charge in [-0.15, -0.1) is 0 Å². The third kappa shape index (κ3) is 3.67. The van der Waals surface area contributed by atoms with Crippen LogP contribution in [0.1, 0.15) is 33.1 Å². The zero-order chi connectivity index (χ0) is 15.9. The van der Waals surface area contributed by atoms with Gasteiger partial charge in [-0.05, 0) is 25.5 Å². The zero-order valence-corrected chi connectivity index (χ0v) is 13.0. The average molecular weight is 303 g/mol. The standard InChI is InChI=1S/C17H21NO4/c1-3-5-11-15-18(13-9-7-6-8-10-13)14(12-16(19)22-15)17(20)21-4-2/h6-10,12,15H,3-5,11H2,1-2H3. The van der Waals surface area contributed by atoms with Crippen LogP contribution in [0.3, 0.4) is 0 Å². The molecule has 0 aliphatic carbocycles. The van der Waals surface area contributed by atoms with E-state index in [-0.39, 0.29) is 12.3 Å². The molecule has 0 radical (unpaired) electrons. The minimum Gasteiger partial charge on any atom is -0.461 e. The van der Waals surface area contributed by atoms with Gasteiger partial charge in [-0.1, -0.05) is 31.5 Å². The first kappa shape index (κ1) is 16.1. The van der Waals surface area contributed by atoms with E-state index in [1.54, 1.807) is 11.8 Å². The first-order valence-electron chi connectivity index (χ1n) is 7.61. The fourth-order valence-electron chi connectivity index (χ4n) is 2.38. The molecule has 1 atom stereocenters. The van der Waals surface area contributed by atoms with Gasteiger partial charge in [-0.25, -0.2) is 9.59 Å². The number of ether oxygens (including phenoxy) is 2. The van der Waals surface area contributed by atoms with Crippen molar-refractivity contribution in [3.8, 4) is 0 Å². The van der Waals surface area contributed by atoms with Crippen LogP contribution in [0.25, 0.3) is 0 Å². The Balaban J connectivity index is 2.38. The fraction of sp³-hybridized carbons (Fsp3) is 0.412. The molecule has 0 aromatic heterocycles. The first-order chi connectivity index (χ1) is 10.7. The van der Waals surface area contributed by atoms with E-state index < -0.39 is 18.2 Å². The molecule has 118 valence electrons. The highest BCUT2D eigenvalue weighted by molar-refractivity contribution is 6.01. The minimum atomic E-state index is -0.510. The quantitative estimate of drug-likeness (QED) is 0.756. The highest BCUT2D eigenvalue weighted by Crippen LogP contribution is 2.29. The summed E-state index contributed by atoms with van der Waals surface area (Å²) in [6.07, 6.45) is 3.26. The second-order valence-electron chi connectivity index (χ2n) is 4.99. The van der Waals surface area contributed by atoms with E-state index in [1.807, 2.05) is 30.3 Å². The Hall–Kier alpha value is -2.30. The number of unbranched alkanes of at least 4 members (excludes halogenated alkanes) is 1. The molecule has 1 heterocycles. The van der Waals surface area contributed by atoms with Crippen LogP contribution < -0.4 is 4.90 Å². The maximum atomic E-state index is 12.2. The van der Waals surface area contributed by atoms with Crippen molar-refractivity contribution in [3.05, 3.63) is 42.1 Å². The molecule has 1 unspecified atom stereocenters. The van der Waals surface area contributed by atoms with E-state index in [1.165, 1.54) is 6.08 Å². The van der Waals surface area contributed by atoms with Gasteiger partial charge >= 0.3 is 11.9 Å². The summed E-state index contributed by atoms with van der Waals surface area (Å²) in [5.41, 5.74) is 1.03. The van der Waals surface area contributed by atoms with Crippen molar-refractivity contribution >= 4 is 17.6 Å². The molecule has 0 amide bonds. The number of esters is 2. The minimum absolute atomic E-state index is 0.227. The van der Waals surface area contributed by atoms with Crippen molar-refractivity contribution < 1.29 is 19.1 Å². The molecule has 2 rings (SSSR count). The van der Waals surface area contributed by atoms with Crippen molar-refractivity contribution in [2.75, 3.05) is 11.5 Å². The highest BCUT2D eigenvalue weighted by Gasteiger charge is 2.34. The molecular weight excluding hydrogens is 282 g/mol. The Labute approximate surface area is 130 Å². The molecule has 0 bridgehead atoms. The Kier molecular flexibility index (Phi) is 5.58. The number of rotatable bonds is 6. The summed E-state index contributed by atoms with van der Waals surface area (Å²) in [4.78, 5) is 25.8. The second-order valence-corrected chi connectivity index (χ2v) is 4.99. The van der Waals surface area contributed by atoms with E-state index in [2.05, 4.69) is 6.92 Å². The van der Waals surface area contributed by atoms with Crippen LogP contribution in [0.5, 0.6) is 0 Å². The fourth-order valence-corrected chi connectivity index (χ4v) is 2.38. The summed E-state index contributed by atoms with van der Waals surface area (Å²) < 4.78 is 10.5. The zero-order valence-electron chi connectivity index (χ0n) is 13.0. The molecule has 1 aliphatic rings. The lowest BCUT2D eigenvalue weighted by atomic mass is 10.1. The third-order valence-electron chi connectivity index (χ3n) is 3.38. The number of anilines is 1. The van der Waals surface area contributed by atoms with Crippen molar-refractivity contribution in [1.29, 1.82) is 0 Å². The lowest BCUT2D eigenvalue weighted by Gasteiger charge is -2.36. The maximum absolute atomic E-state index is 12.2. The lowest BCUT2D eigenvalue weighted by Crippen LogP contribution is -2.44. The van der Waals surface area contributed by atoms with Crippen LogP contribution in [-0.4, -0.2) is 24.8 Å². The van der Waals surface area contributed by atoms with E-state index in [9.17, 15) is 9.59 Å². The third-order valence-corrected chi connectivity index (χ3v) is 3.38. The number of carbonyl (C=O) groups is 2. The van der Waals surface area contributed by atoms with E-state index in [0.29, 0.717) is 6.42 Å². The number of nitrogens with zero attached hydrogens (tertiary/aromatic N) is 1. The number of cyclic esters (lactones) is 1. The van der Waals surface area contributed by atoms with Gasteiger partial charge in [-0.3, -0.25) is 4.90 Å². The van der Waals surface area contributed by atoms with Gasteiger partial charge < -0.3 is 9.47 Å². The Bertz CT molecular complexity index is 553. The van der Waals surface area contributed by atoms with Crippen LogP contribution in [0.4, 0.5) is 5.69 Å². The van der Waals surface area contributed by atoms with Gasteiger partial charge in [0.1, 0.15) is 5.70 Å². The summed E-state index contributed by atoms with van der Waals surface area (Å²) in [7, 11) is 0. The highest BCUT2D eigenvalue weighted by atomic mass is 16.6. The van der Waals surface area contributed by atoms with Crippen LogP contribution in [0.2, 0.25) is 0 Å². The normalized spacial score (nSPS) is 17.7. The van der Waals surface area contributed by atoms with Crippen LogP contribution >= 0.6 is 0 Å². The predicted molar refractivity (Wildman–Crippen MR) is 83.0 cm³/mol. The number of benzene rings is 1. The molecule has 0 N–H and O–H groups in total. The molecule has 0 saturated carbocycles. The summed E-state index contributed by atoms with van der Waals surface area (Å²) in [5.74, 6) is -1.01. The lowest BCUT2D eigenvalue weighted by molar-refractivity contribution is -0.148. The number of carbonyl (C=O) groups excluding carboxylic acids is 2. The Morgan fingerprint density at radius 2 is 2.00 bits per heavy atom. The molecule has 1 aromatic carbocycles. The molecular formula is C17H21NO4. The monoisotopic (exact) mass is 303 g/mol. The molecule has 0 spiro atoms. The van der Waals surface area contributed by atoms with Crippen molar-refractivity contribution in [3.63, 3.8) is 0 Å². The molecule has 22 heavy (non-hydrogen) atoms. The van der Waals surface area contributed by atoms with E-state index in [4.69, 9.17) is 9.47 Å². The van der Waals surface area contributed by atoms with Crippen molar-refractivity contribution in [2.24, 2.45) is 0 Å². The predicted octanol–water partition coefficient (Wildman–Crippen LogP) is 3.01. The summed E-state index contributed by atoms with van der Waals surface area (Å²) >= 11 is 0. The number of para-hydroxylation sites is 1. The molecule has 0 saturated heterocycles. The van der Waals surface area contributed by atoms with Crippen LogP contribution in [-0.2, 0) is 19.1 Å². The molecule has 5 heteroatoms.